The smallest absolute Gasteiger partial charge is 0.182 e. The van der Waals surface area contributed by atoms with Crippen molar-refractivity contribution in [2.75, 3.05) is 13.7 Å². The summed E-state index contributed by atoms with van der Waals surface area (Å²) in [6.07, 6.45) is 0.843. The van der Waals surface area contributed by atoms with Crippen molar-refractivity contribution in [1.82, 2.24) is 20.2 Å². The summed E-state index contributed by atoms with van der Waals surface area (Å²) in [6.45, 7) is 1.33. The number of nitrogens with two attached hydrogens (primary N) is 1. The van der Waals surface area contributed by atoms with E-state index in [1.54, 1.807) is 11.8 Å². The molecule has 2 aromatic rings. The SMILES string of the molecule is COc1ccc(-c2nnnn2CCCN)cc1Br. The molecular weight excluding hydrogens is 298 g/mol. The number of aryl methyl sites for hydroxylation is 1. The predicted molar refractivity (Wildman–Crippen MR) is 71.2 cm³/mol. The lowest BCUT2D eigenvalue weighted by Crippen LogP contribution is -2.08. The number of methoxy groups -OCH3 is 1. The van der Waals surface area contributed by atoms with Crippen molar-refractivity contribution in [1.29, 1.82) is 0 Å². The first-order valence-corrected chi connectivity index (χ1v) is 6.35. The van der Waals surface area contributed by atoms with E-state index < -0.39 is 0 Å². The molecule has 6 nitrogen and oxygen atoms in total. The second-order valence-corrected chi connectivity index (χ2v) is 4.57. The van der Waals surface area contributed by atoms with Crippen LogP contribution in [0.4, 0.5) is 0 Å². The molecule has 96 valence electrons. The summed E-state index contributed by atoms with van der Waals surface area (Å²) >= 11 is 3.45. The van der Waals surface area contributed by atoms with Crippen LogP contribution in [0.25, 0.3) is 11.4 Å². The van der Waals surface area contributed by atoms with Crippen molar-refractivity contribution in [3.8, 4) is 17.1 Å². The summed E-state index contributed by atoms with van der Waals surface area (Å²) in [5, 5.41) is 11.7. The summed E-state index contributed by atoms with van der Waals surface area (Å²) in [6, 6.07) is 5.74. The number of nitrogens with zero attached hydrogens (tertiary/aromatic N) is 4. The van der Waals surface area contributed by atoms with Crippen molar-refractivity contribution < 1.29 is 4.74 Å². The highest BCUT2D eigenvalue weighted by atomic mass is 79.9. The highest BCUT2D eigenvalue weighted by Crippen LogP contribution is 2.29. The highest BCUT2D eigenvalue weighted by Gasteiger charge is 2.10. The van der Waals surface area contributed by atoms with Gasteiger partial charge in [-0.2, -0.15) is 0 Å². The number of aromatic nitrogens is 4. The van der Waals surface area contributed by atoms with E-state index in [1.807, 2.05) is 18.2 Å². The van der Waals surface area contributed by atoms with Crippen LogP contribution < -0.4 is 10.5 Å². The van der Waals surface area contributed by atoms with Crippen molar-refractivity contribution in [2.24, 2.45) is 5.73 Å². The number of halogens is 1. The molecule has 1 aromatic carbocycles. The lowest BCUT2D eigenvalue weighted by atomic mass is 10.2. The van der Waals surface area contributed by atoms with Crippen LogP contribution >= 0.6 is 15.9 Å². The monoisotopic (exact) mass is 311 g/mol. The molecule has 0 saturated heterocycles. The van der Waals surface area contributed by atoms with E-state index in [0.29, 0.717) is 13.1 Å². The fourth-order valence-electron chi connectivity index (χ4n) is 1.61. The van der Waals surface area contributed by atoms with Gasteiger partial charge in [-0.15, -0.1) is 5.10 Å². The molecule has 0 spiro atoms. The molecule has 18 heavy (non-hydrogen) atoms. The average Bonchev–Trinajstić information content (AvgIpc) is 2.84. The van der Waals surface area contributed by atoms with Gasteiger partial charge in [0.25, 0.3) is 0 Å². The molecule has 7 heteroatoms. The Hall–Kier alpha value is -1.47. The Balaban J connectivity index is 2.31. The van der Waals surface area contributed by atoms with Gasteiger partial charge in [-0.05, 0) is 57.5 Å². The second kappa shape index (κ2) is 5.92. The lowest BCUT2D eigenvalue weighted by molar-refractivity contribution is 0.412. The highest BCUT2D eigenvalue weighted by molar-refractivity contribution is 9.10. The fourth-order valence-corrected chi connectivity index (χ4v) is 2.15. The van der Waals surface area contributed by atoms with Crippen LogP contribution in [-0.4, -0.2) is 33.9 Å². The van der Waals surface area contributed by atoms with Gasteiger partial charge in [0.2, 0.25) is 0 Å². The van der Waals surface area contributed by atoms with E-state index in [2.05, 4.69) is 31.5 Å². The molecule has 1 heterocycles. The van der Waals surface area contributed by atoms with Gasteiger partial charge in [0.15, 0.2) is 5.82 Å². The third-order valence-electron chi connectivity index (χ3n) is 2.52. The van der Waals surface area contributed by atoms with Gasteiger partial charge in [0.1, 0.15) is 5.75 Å². The van der Waals surface area contributed by atoms with Gasteiger partial charge in [-0.3, -0.25) is 0 Å². The Kier molecular flexibility index (Phi) is 4.27. The summed E-state index contributed by atoms with van der Waals surface area (Å²) in [5.41, 5.74) is 6.42. The summed E-state index contributed by atoms with van der Waals surface area (Å²) in [5.74, 6) is 1.51. The third kappa shape index (κ3) is 2.68. The molecule has 0 aliphatic carbocycles. The predicted octanol–water partition coefficient (Wildman–Crippen LogP) is 1.46. The largest absolute Gasteiger partial charge is 0.496 e. The normalized spacial score (nSPS) is 10.6. The number of hydrogen-bond acceptors (Lipinski definition) is 5. The Morgan fingerprint density at radius 3 is 2.94 bits per heavy atom. The van der Waals surface area contributed by atoms with Crippen LogP contribution in [0.5, 0.6) is 5.75 Å². The number of ether oxygens (including phenoxy) is 1. The van der Waals surface area contributed by atoms with Crippen LogP contribution in [0.3, 0.4) is 0 Å². The zero-order valence-corrected chi connectivity index (χ0v) is 11.6. The maximum atomic E-state index is 5.49. The zero-order valence-electron chi connectivity index (χ0n) is 10.0. The minimum atomic E-state index is 0.617. The Labute approximate surface area is 113 Å². The number of rotatable bonds is 5. The van der Waals surface area contributed by atoms with E-state index >= 15 is 0 Å². The number of benzene rings is 1. The Morgan fingerprint density at radius 1 is 1.44 bits per heavy atom. The van der Waals surface area contributed by atoms with Crippen LogP contribution in [0.2, 0.25) is 0 Å². The summed E-state index contributed by atoms with van der Waals surface area (Å²) in [7, 11) is 1.63. The van der Waals surface area contributed by atoms with E-state index in [-0.39, 0.29) is 0 Å². The minimum Gasteiger partial charge on any atom is -0.496 e. The molecule has 2 rings (SSSR count). The van der Waals surface area contributed by atoms with Crippen molar-refractivity contribution in [3.63, 3.8) is 0 Å². The molecule has 2 N–H and O–H groups in total. The number of hydrogen-bond donors (Lipinski definition) is 1. The van der Waals surface area contributed by atoms with Crippen LogP contribution in [0.15, 0.2) is 22.7 Å². The zero-order chi connectivity index (χ0) is 13.0. The molecule has 0 saturated carbocycles. The molecular formula is C11H14BrN5O. The van der Waals surface area contributed by atoms with Crippen molar-refractivity contribution >= 4 is 15.9 Å². The summed E-state index contributed by atoms with van der Waals surface area (Å²) in [4.78, 5) is 0. The van der Waals surface area contributed by atoms with E-state index in [9.17, 15) is 0 Å². The van der Waals surface area contributed by atoms with E-state index in [0.717, 1.165) is 28.0 Å². The van der Waals surface area contributed by atoms with Gasteiger partial charge < -0.3 is 10.5 Å². The first kappa shape index (κ1) is 13.0. The molecule has 0 atom stereocenters. The first-order valence-electron chi connectivity index (χ1n) is 5.56. The van der Waals surface area contributed by atoms with Crippen LogP contribution in [-0.2, 0) is 6.54 Å². The summed E-state index contributed by atoms with van der Waals surface area (Å²) < 4.78 is 7.81. The van der Waals surface area contributed by atoms with Gasteiger partial charge in [0.05, 0.1) is 11.6 Å². The molecule has 0 bridgehead atoms. The number of tetrazole rings is 1. The van der Waals surface area contributed by atoms with Gasteiger partial charge in [-0.25, -0.2) is 4.68 Å². The fraction of sp³-hybridized carbons (Fsp3) is 0.364. The van der Waals surface area contributed by atoms with Crippen LogP contribution in [0.1, 0.15) is 6.42 Å². The molecule has 1 aromatic heterocycles. The molecule has 0 radical (unpaired) electrons. The second-order valence-electron chi connectivity index (χ2n) is 3.72. The lowest BCUT2D eigenvalue weighted by Gasteiger charge is -2.06. The average molecular weight is 312 g/mol. The molecule has 0 aliphatic heterocycles. The van der Waals surface area contributed by atoms with Crippen LogP contribution in [0, 0.1) is 0 Å². The van der Waals surface area contributed by atoms with Gasteiger partial charge in [-0.1, -0.05) is 0 Å². The topological polar surface area (TPSA) is 78.9 Å². The molecule has 0 unspecified atom stereocenters. The first-order chi connectivity index (χ1) is 8.76. The van der Waals surface area contributed by atoms with Crippen molar-refractivity contribution in [2.45, 2.75) is 13.0 Å². The van der Waals surface area contributed by atoms with Gasteiger partial charge in [0, 0.05) is 12.1 Å². The Bertz CT molecular complexity index is 528. The third-order valence-corrected chi connectivity index (χ3v) is 3.14. The standard InChI is InChI=1S/C11H14BrN5O/c1-18-10-4-3-8(7-9(10)12)11-14-15-16-17(11)6-2-5-13/h3-4,7H,2,5-6,13H2,1H3. The van der Waals surface area contributed by atoms with Gasteiger partial charge >= 0.3 is 0 Å². The maximum Gasteiger partial charge on any atom is 0.182 e. The quantitative estimate of drug-likeness (QED) is 0.904. The molecule has 0 aliphatic rings. The van der Waals surface area contributed by atoms with E-state index in [4.69, 9.17) is 10.5 Å². The van der Waals surface area contributed by atoms with E-state index in [1.165, 1.54) is 0 Å². The molecule has 0 amide bonds. The molecule has 0 fully saturated rings. The maximum absolute atomic E-state index is 5.49. The van der Waals surface area contributed by atoms with Crippen molar-refractivity contribution in [3.05, 3.63) is 22.7 Å². The Morgan fingerprint density at radius 2 is 2.28 bits per heavy atom. The minimum absolute atomic E-state index is 0.617.